The quantitative estimate of drug-likeness (QED) is 0.729. The molecule has 15 heavy (non-hydrogen) atoms. The third kappa shape index (κ3) is 2.33. The summed E-state index contributed by atoms with van der Waals surface area (Å²) < 4.78 is 0. The molecule has 0 bridgehead atoms. The van der Waals surface area contributed by atoms with Crippen molar-refractivity contribution in [3.8, 4) is 0 Å². The molecule has 4 heteroatoms. The van der Waals surface area contributed by atoms with Crippen LogP contribution in [0.15, 0.2) is 18.3 Å². The van der Waals surface area contributed by atoms with Gasteiger partial charge in [-0.15, -0.1) is 0 Å². The van der Waals surface area contributed by atoms with Crippen molar-refractivity contribution in [1.29, 1.82) is 0 Å². The van der Waals surface area contributed by atoms with Gasteiger partial charge < -0.3 is 10.0 Å². The highest BCUT2D eigenvalue weighted by Gasteiger charge is 2.17. The Labute approximate surface area is 88.6 Å². The summed E-state index contributed by atoms with van der Waals surface area (Å²) in [7, 11) is 0. The molecule has 4 nitrogen and oxygen atoms in total. The number of hydrogen-bond donors (Lipinski definition) is 1. The highest BCUT2D eigenvalue weighted by atomic mass is 16.3. The van der Waals surface area contributed by atoms with E-state index in [-0.39, 0.29) is 6.10 Å². The van der Waals surface area contributed by atoms with Gasteiger partial charge in [-0.2, -0.15) is 0 Å². The predicted molar refractivity (Wildman–Crippen MR) is 57.1 cm³/mol. The van der Waals surface area contributed by atoms with Crippen LogP contribution in [0.1, 0.15) is 23.3 Å². The third-order valence-electron chi connectivity index (χ3n) is 2.72. The van der Waals surface area contributed by atoms with Gasteiger partial charge in [0.05, 0.1) is 18.0 Å². The Balaban J connectivity index is 2.06. The molecule has 1 aliphatic heterocycles. The lowest BCUT2D eigenvalue weighted by molar-refractivity contribution is 0.111. The molecule has 0 spiro atoms. The molecule has 1 saturated heterocycles. The molecule has 0 saturated carbocycles. The van der Waals surface area contributed by atoms with E-state index in [9.17, 15) is 9.90 Å². The fourth-order valence-electron chi connectivity index (χ4n) is 1.78. The van der Waals surface area contributed by atoms with Crippen LogP contribution in [0.2, 0.25) is 0 Å². The van der Waals surface area contributed by atoms with Crippen molar-refractivity contribution < 1.29 is 9.90 Å². The third-order valence-corrected chi connectivity index (χ3v) is 2.72. The standard InChI is InChI=1S/C11H14N2O2/c14-8-9-1-2-10(7-12-9)13-5-3-11(15)4-6-13/h1-2,7-8,11,15H,3-6H2. The maximum atomic E-state index is 10.4. The first-order valence-corrected chi connectivity index (χ1v) is 5.14. The van der Waals surface area contributed by atoms with Gasteiger partial charge in [-0.25, -0.2) is 0 Å². The highest BCUT2D eigenvalue weighted by molar-refractivity contribution is 5.72. The highest BCUT2D eigenvalue weighted by Crippen LogP contribution is 2.18. The van der Waals surface area contributed by atoms with Crippen LogP contribution in [0, 0.1) is 0 Å². The molecule has 0 aliphatic carbocycles. The average Bonchev–Trinajstić information content (AvgIpc) is 2.30. The first-order valence-electron chi connectivity index (χ1n) is 5.14. The van der Waals surface area contributed by atoms with Gasteiger partial charge in [-0.1, -0.05) is 0 Å². The Hall–Kier alpha value is -1.42. The van der Waals surface area contributed by atoms with Crippen LogP contribution in [0.4, 0.5) is 5.69 Å². The zero-order valence-corrected chi connectivity index (χ0v) is 8.47. The Morgan fingerprint density at radius 2 is 2.13 bits per heavy atom. The minimum absolute atomic E-state index is 0.163. The molecular weight excluding hydrogens is 192 g/mol. The molecular formula is C11H14N2O2. The minimum Gasteiger partial charge on any atom is -0.393 e. The zero-order valence-electron chi connectivity index (χ0n) is 8.47. The van der Waals surface area contributed by atoms with E-state index >= 15 is 0 Å². The van der Waals surface area contributed by atoms with E-state index < -0.39 is 0 Å². The molecule has 1 aromatic heterocycles. The molecule has 0 aromatic carbocycles. The smallest absolute Gasteiger partial charge is 0.168 e. The number of carbonyl (C=O) groups excluding carboxylic acids is 1. The summed E-state index contributed by atoms with van der Waals surface area (Å²) in [6.07, 6.45) is 3.89. The average molecular weight is 206 g/mol. The van der Waals surface area contributed by atoms with Crippen LogP contribution >= 0.6 is 0 Å². The van der Waals surface area contributed by atoms with Gasteiger partial charge in [0.15, 0.2) is 6.29 Å². The number of carbonyl (C=O) groups is 1. The van der Waals surface area contributed by atoms with Crippen molar-refractivity contribution in [3.05, 3.63) is 24.0 Å². The fraction of sp³-hybridized carbons (Fsp3) is 0.455. The van der Waals surface area contributed by atoms with E-state index in [1.165, 1.54) is 0 Å². The Morgan fingerprint density at radius 1 is 1.40 bits per heavy atom. The molecule has 0 amide bonds. The number of aldehydes is 1. The van der Waals surface area contributed by atoms with E-state index in [0.29, 0.717) is 5.69 Å². The monoisotopic (exact) mass is 206 g/mol. The molecule has 0 radical (unpaired) electrons. The molecule has 1 N–H and O–H groups in total. The van der Waals surface area contributed by atoms with Gasteiger partial charge in [0.25, 0.3) is 0 Å². The molecule has 2 rings (SSSR count). The van der Waals surface area contributed by atoms with Crippen molar-refractivity contribution in [2.45, 2.75) is 18.9 Å². The molecule has 2 heterocycles. The number of nitrogens with zero attached hydrogens (tertiary/aromatic N) is 2. The number of rotatable bonds is 2. The van der Waals surface area contributed by atoms with Gasteiger partial charge in [0.1, 0.15) is 5.69 Å². The normalized spacial score (nSPS) is 17.8. The largest absolute Gasteiger partial charge is 0.393 e. The van der Waals surface area contributed by atoms with Gasteiger partial charge in [0, 0.05) is 13.1 Å². The fourth-order valence-corrected chi connectivity index (χ4v) is 1.78. The second-order valence-electron chi connectivity index (χ2n) is 3.78. The van der Waals surface area contributed by atoms with Gasteiger partial charge >= 0.3 is 0 Å². The summed E-state index contributed by atoms with van der Waals surface area (Å²) in [5.74, 6) is 0. The van der Waals surface area contributed by atoms with Gasteiger partial charge in [-0.05, 0) is 25.0 Å². The SMILES string of the molecule is O=Cc1ccc(N2CCC(O)CC2)cn1. The zero-order chi connectivity index (χ0) is 10.7. The number of hydrogen-bond acceptors (Lipinski definition) is 4. The summed E-state index contributed by atoms with van der Waals surface area (Å²) in [6, 6.07) is 3.61. The molecule has 1 aliphatic rings. The summed E-state index contributed by atoms with van der Waals surface area (Å²) in [5.41, 5.74) is 1.48. The van der Waals surface area contributed by atoms with Crippen molar-refractivity contribution in [2.24, 2.45) is 0 Å². The van der Waals surface area contributed by atoms with Gasteiger partial charge in [-0.3, -0.25) is 9.78 Å². The van der Waals surface area contributed by atoms with Gasteiger partial charge in [0.2, 0.25) is 0 Å². The number of piperidine rings is 1. The first-order chi connectivity index (χ1) is 7.29. The lowest BCUT2D eigenvalue weighted by Crippen LogP contribution is -2.35. The topological polar surface area (TPSA) is 53.4 Å². The van der Waals surface area contributed by atoms with E-state index in [0.717, 1.165) is 37.9 Å². The summed E-state index contributed by atoms with van der Waals surface area (Å²) in [6.45, 7) is 1.70. The minimum atomic E-state index is -0.163. The molecule has 1 fully saturated rings. The second-order valence-corrected chi connectivity index (χ2v) is 3.78. The molecule has 80 valence electrons. The van der Waals surface area contributed by atoms with E-state index in [2.05, 4.69) is 9.88 Å². The van der Waals surface area contributed by atoms with Crippen LogP contribution in [0.3, 0.4) is 0 Å². The Bertz CT molecular complexity index is 329. The summed E-state index contributed by atoms with van der Waals surface area (Å²) in [4.78, 5) is 16.6. The number of aromatic nitrogens is 1. The van der Waals surface area contributed by atoms with Crippen molar-refractivity contribution in [2.75, 3.05) is 18.0 Å². The number of pyridine rings is 1. The second kappa shape index (κ2) is 4.40. The lowest BCUT2D eigenvalue weighted by Gasteiger charge is -2.31. The van der Waals surface area contributed by atoms with Crippen LogP contribution in [0.25, 0.3) is 0 Å². The maximum absolute atomic E-state index is 10.4. The lowest BCUT2D eigenvalue weighted by atomic mass is 10.1. The Morgan fingerprint density at radius 3 is 2.67 bits per heavy atom. The summed E-state index contributed by atoms with van der Waals surface area (Å²) in [5, 5.41) is 9.37. The number of anilines is 1. The first kappa shape index (κ1) is 10.1. The van der Waals surface area contributed by atoms with Crippen LogP contribution in [-0.4, -0.2) is 35.6 Å². The summed E-state index contributed by atoms with van der Waals surface area (Å²) >= 11 is 0. The maximum Gasteiger partial charge on any atom is 0.168 e. The van der Waals surface area contributed by atoms with Crippen molar-refractivity contribution >= 4 is 12.0 Å². The molecule has 1 aromatic rings. The Kier molecular flexibility index (Phi) is 2.97. The molecule has 0 atom stereocenters. The molecule has 0 unspecified atom stereocenters. The van der Waals surface area contributed by atoms with Crippen molar-refractivity contribution in [3.63, 3.8) is 0 Å². The number of aliphatic hydroxyl groups is 1. The van der Waals surface area contributed by atoms with E-state index in [4.69, 9.17) is 0 Å². The van der Waals surface area contributed by atoms with Crippen LogP contribution < -0.4 is 4.90 Å². The van der Waals surface area contributed by atoms with E-state index in [1.54, 1.807) is 12.3 Å². The predicted octanol–water partition coefficient (Wildman–Crippen LogP) is 0.855. The van der Waals surface area contributed by atoms with Crippen molar-refractivity contribution in [1.82, 2.24) is 4.98 Å². The van der Waals surface area contributed by atoms with E-state index in [1.807, 2.05) is 6.07 Å². The van der Waals surface area contributed by atoms with Crippen LogP contribution in [0.5, 0.6) is 0 Å². The van der Waals surface area contributed by atoms with Crippen LogP contribution in [-0.2, 0) is 0 Å². The number of aliphatic hydroxyl groups excluding tert-OH is 1.